The van der Waals surface area contributed by atoms with Crippen molar-refractivity contribution in [3.63, 3.8) is 0 Å². The van der Waals surface area contributed by atoms with Crippen LogP contribution in [0.25, 0.3) is 0 Å². The molecule has 45 heavy (non-hydrogen) atoms. The number of rotatable bonds is 8. The topological polar surface area (TPSA) is 134 Å². The van der Waals surface area contributed by atoms with E-state index < -0.39 is 35.7 Å². The van der Waals surface area contributed by atoms with Crippen LogP contribution in [-0.2, 0) is 35.1 Å². The van der Waals surface area contributed by atoms with E-state index in [1.807, 2.05) is 12.1 Å². The van der Waals surface area contributed by atoms with Gasteiger partial charge in [-0.3, -0.25) is 24.1 Å². The van der Waals surface area contributed by atoms with Gasteiger partial charge in [0.25, 0.3) is 0 Å². The van der Waals surface area contributed by atoms with Gasteiger partial charge < -0.3 is 25.0 Å². The number of carbonyl (C=O) groups excluding carboxylic acids is 5. The van der Waals surface area contributed by atoms with E-state index in [2.05, 4.69) is 22.8 Å². The zero-order valence-electron chi connectivity index (χ0n) is 27.6. The van der Waals surface area contributed by atoms with Gasteiger partial charge in [-0.2, -0.15) is 0 Å². The minimum atomic E-state index is -0.974. The van der Waals surface area contributed by atoms with Gasteiger partial charge in [-0.25, -0.2) is 4.79 Å². The van der Waals surface area contributed by atoms with E-state index in [1.54, 1.807) is 39.5 Å². The number of amides is 4. The van der Waals surface area contributed by atoms with Crippen LogP contribution in [-0.4, -0.2) is 83.0 Å². The molecular formula is C34H50N4O7. The zero-order chi connectivity index (χ0) is 32.9. The number of fused-ring (bicyclic) bond motifs is 2. The Bertz CT molecular complexity index is 1260. The van der Waals surface area contributed by atoms with Crippen LogP contribution < -0.4 is 10.6 Å². The minimum Gasteiger partial charge on any atom is -0.466 e. The molecule has 2 N–H and O–H groups in total. The Morgan fingerprint density at radius 1 is 1.02 bits per heavy atom. The normalized spacial score (nSPS) is 25.5. The first-order valence-electron chi connectivity index (χ1n) is 16.4. The van der Waals surface area contributed by atoms with Crippen LogP contribution in [0.2, 0.25) is 0 Å². The van der Waals surface area contributed by atoms with Gasteiger partial charge in [0.2, 0.25) is 17.7 Å². The number of likely N-dealkylation sites (N-methyl/N-ethyl adjacent to an activating group) is 1. The summed E-state index contributed by atoms with van der Waals surface area (Å²) < 4.78 is 10.6. The molecule has 248 valence electrons. The van der Waals surface area contributed by atoms with Gasteiger partial charge in [-0.1, -0.05) is 24.3 Å². The number of aryl methyl sites for hydroxylation is 1. The number of hydrogen-bond donors (Lipinski definition) is 2. The second-order valence-electron chi connectivity index (χ2n) is 13.7. The molecule has 1 aromatic rings. The largest absolute Gasteiger partial charge is 0.466 e. The van der Waals surface area contributed by atoms with E-state index in [9.17, 15) is 24.0 Å². The summed E-state index contributed by atoms with van der Waals surface area (Å²) in [4.78, 5) is 69.6. The molecule has 2 heterocycles. The molecule has 11 nitrogen and oxygen atoms in total. The van der Waals surface area contributed by atoms with Crippen LogP contribution in [0.1, 0.15) is 103 Å². The molecule has 1 unspecified atom stereocenters. The summed E-state index contributed by atoms with van der Waals surface area (Å²) in [6.45, 7) is 8.81. The molecule has 4 amide bonds. The van der Waals surface area contributed by atoms with Crippen LogP contribution in [0, 0.1) is 5.92 Å². The summed E-state index contributed by atoms with van der Waals surface area (Å²) in [5.41, 5.74) is 1.62. The van der Waals surface area contributed by atoms with Crippen molar-refractivity contribution >= 4 is 29.8 Å². The van der Waals surface area contributed by atoms with Gasteiger partial charge in [0, 0.05) is 19.5 Å². The molecule has 2 saturated heterocycles. The smallest absolute Gasteiger partial charge is 0.410 e. The van der Waals surface area contributed by atoms with Crippen LogP contribution >= 0.6 is 0 Å². The van der Waals surface area contributed by atoms with Crippen molar-refractivity contribution in [2.45, 2.75) is 128 Å². The highest BCUT2D eigenvalue weighted by molar-refractivity contribution is 5.94. The third-order valence-electron chi connectivity index (χ3n) is 9.24. The third-order valence-corrected chi connectivity index (χ3v) is 9.24. The number of ether oxygens (including phenoxy) is 2. The number of benzene rings is 1. The maximum Gasteiger partial charge on any atom is 0.410 e. The van der Waals surface area contributed by atoms with Crippen molar-refractivity contribution in [2.24, 2.45) is 5.92 Å². The summed E-state index contributed by atoms with van der Waals surface area (Å²) >= 11 is 0. The first-order chi connectivity index (χ1) is 21.3. The van der Waals surface area contributed by atoms with Crippen LogP contribution in [0.3, 0.4) is 0 Å². The van der Waals surface area contributed by atoms with Crippen LogP contribution in [0.4, 0.5) is 4.79 Å². The van der Waals surface area contributed by atoms with E-state index in [0.29, 0.717) is 25.7 Å². The number of carbonyl (C=O) groups is 5. The molecule has 4 rings (SSSR count). The highest BCUT2D eigenvalue weighted by atomic mass is 16.6. The number of nitrogens with zero attached hydrogens (tertiary/aromatic N) is 2. The molecule has 6 atom stereocenters. The van der Waals surface area contributed by atoms with Gasteiger partial charge >= 0.3 is 12.1 Å². The highest BCUT2D eigenvalue weighted by Crippen LogP contribution is 2.36. The van der Waals surface area contributed by atoms with Crippen molar-refractivity contribution in [2.75, 3.05) is 13.7 Å². The second kappa shape index (κ2) is 14.6. The van der Waals surface area contributed by atoms with Crippen molar-refractivity contribution in [3.05, 3.63) is 35.4 Å². The van der Waals surface area contributed by atoms with Crippen LogP contribution in [0.5, 0.6) is 0 Å². The monoisotopic (exact) mass is 626 g/mol. The maximum atomic E-state index is 14.3. The molecule has 0 aromatic heterocycles. The lowest BCUT2D eigenvalue weighted by Crippen LogP contribution is -2.59. The Hall–Kier alpha value is -3.63. The van der Waals surface area contributed by atoms with Gasteiger partial charge in [-0.15, -0.1) is 0 Å². The lowest BCUT2D eigenvalue weighted by atomic mass is 9.87. The second-order valence-corrected chi connectivity index (χ2v) is 13.7. The van der Waals surface area contributed by atoms with E-state index in [4.69, 9.17) is 9.47 Å². The maximum absolute atomic E-state index is 14.3. The fourth-order valence-electron chi connectivity index (χ4n) is 6.81. The van der Waals surface area contributed by atoms with E-state index >= 15 is 0 Å². The summed E-state index contributed by atoms with van der Waals surface area (Å²) in [6, 6.07) is 5.31. The Morgan fingerprint density at radius 3 is 2.44 bits per heavy atom. The van der Waals surface area contributed by atoms with Crippen molar-refractivity contribution < 1.29 is 33.4 Å². The fourth-order valence-corrected chi connectivity index (χ4v) is 6.81. The summed E-state index contributed by atoms with van der Waals surface area (Å²) in [6.07, 6.45) is 4.99. The van der Waals surface area contributed by atoms with Gasteiger partial charge in [0.1, 0.15) is 23.7 Å². The molecule has 1 aromatic carbocycles. The quantitative estimate of drug-likeness (QED) is 0.416. The molecule has 11 heteroatoms. The number of esters is 1. The Balaban J connectivity index is 1.53. The van der Waals surface area contributed by atoms with Crippen LogP contribution in [0.15, 0.2) is 24.3 Å². The molecule has 0 saturated carbocycles. The minimum absolute atomic E-state index is 0.111. The third kappa shape index (κ3) is 8.55. The molecule has 1 aliphatic carbocycles. The lowest BCUT2D eigenvalue weighted by molar-refractivity contribution is -0.147. The van der Waals surface area contributed by atoms with E-state index in [0.717, 1.165) is 24.8 Å². The molecule has 3 aliphatic rings. The van der Waals surface area contributed by atoms with E-state index in [-0.39, 0.29) is 55.2 Å². The van der Waals surface area contributed by atoms with Crippen molar-refractivity contribution in [1.29, 1.82) is 0 Å². The van der Waals surface area contributed by atoms with Gasteiger partial charge in [-0.05, 0) is 103 Å². The zero-order valence-corrected chi connectivity index (χ0v) is 27.6. The van der Waals surface area contributed by atoms with Crippen molar-refractivity contribution in [1.82, 2.24) is 20.4 Å². The summed E-state index contributed by atoms with van der Waals surface area (Å²) in [7, 11) is 1.47. The molecule has 0 spiro atoms. The van der Waals surface area contributed by atoms with Crippen molar-refractivity contribution in [3.8, 4) is 0 Å². The first-order valence-corrected chi connectivity index (χ1v) is 16.4. The molecule has 2 fully saturated rings. The Kier molecular flexibility index (Phi) is 11.1. The fraction of sp³-hybridized carbons (Fsp3) is 0.676. The van der Waals surface area contributed by atoms with Gasteiger partial charge in [0.05, 0.1) is 12.6 Å². The average molecular weight is 627 g/mol. The average Bonchev–Trinajstić information content (AvgIpc) is 3.40. The number of nitrogens with one attached hydrogen (secondary N) is 2. The Labute approximate surface area is 266 Å². The first kappa shape index (κ1) is 34.2. The van der Waals surface area contributed by atoms with Gasteiger partial charge in [0.15, 0.2) is 0 Å². The lowest BCUT2D eigenvalue weighted by Gasteiger charge is -2.38. The Morgan fingerprint density at radius 2 is 1.73 bits per heavy atom. The molecule has 0 bridgehead atoms. The molecule has 2 aliphatic heterocycles. The predicted octanol–water partition coefficient (Wildman–Crippen LogP) is 4.03. The summed E-state index contributed by atoms with van der Waals surface area (Å²) in [5.74, 6) is -1.57. The predicted molar refractivity (Wildman–Crippen MR) is 168 cm³/mol. The number of hydrogen-bond acceptors (Lipinski definition) is 7. The highest BCUT2D eigenvalue weighted by Gasteiger charge is 2.46. The molecular weight excluding hydrogens is 576 g/mol. The SMILES string of the molecule is CCOC(=O)CC1CC[C@H]2CC[C@@H](C(=O)N[C@@H]3CCCc4ccccc43)N2C(=O)[C@@H](NC(=O)[C@H](C)N(C)C(=O)OC(C)(C)C)C1. The standard InChI is InChI=1S/C34H50N4O7/c1-7-44-29(39)20-22-15-16-24-17-18-28(31(41)35-26-14-10-12-23-11-8-9-13-25(23)26)38(24)32(42)27(19-22)36-30(40)21(2)37(6)33(43)45-34(3,4)5/h8-9,11,13,21-22,24,26-28H,7,10,12,14-20H2,1-6H3,(H,35,41)(H,36,40)/t21-,22?,24-,26+,27-,28-/m0/s1. The van der Waals surface area contributed by atoms with E-state index in [1.165, 1.54) is 17.5 Å². The summed E-state index contributed by atoms with van der Waals surface area (Å²) in [5, 5.41) is 6.11. The molecule has 0 radical (unpaired) electrons.